The summed E-state index contributed by atoms with van der Waals surface area (Å²) in [7, 11) is 3.35. The number of amides is 1. The Morgan fingerprint density at radius 3 is 2.27 bits per heavy atom. The van der Waals surface area contributed by atoms with E-state index < -0.39 is 0 Å². The molecule has 160 valence electrons. The lowest BCUT2D eigenvalue weighted by Gasteiger charge is -2.38. The number of hydrogen-bond donors (Lipinski definition) is 0. The van der Waals surface area contributed by atoms with E-state index in [0.29, 0.717) is 6.54 Å². The van der Waals surface area contributed by atoms with E-state index in [4.69, 9.17) is 9.47 Å². The van der Waals surface area contributed by atoms with Gasteiger partial charge >= 0.3 is 0 Å². The van der Waals surface area contributed by atoms with Crippen LogP contribution >= 0.6 is 0 Å². The number of carbonyl (C=O) groups excluding carboxylic acids is 1. The molecule has 0 radical (unpaired) electrons. The van der Waals surface area contributed by atoms with Gasteiger partial charge in [-0.15, -0.1) is 0 Å². The van der Waals surface area contributed by atoms with Gasteiger partial charge in [-0.3, -0.25) is 9.69 Å². The molecule has 1 atom stereocenters. The van der Waals surface area contributed by atoms with Crippen LogP contribution in [0, 0.1) is 0 Å². The summed E-state index contributed by atoms with van der Waals surface area (Å²) in [4.78, 5) is 17.6. The number of benzene rings is 2. The van der Waals surface area contributed by atoms with Crippen LogP contribution in [0.25, 0.3) is 0 Å². The fourth-order valence-corrected chi connectivity index (χ4v) is 4.79. The monoisotopic (exact) mass is 408 g/mol. The summed E-state index contributed by atoms with van der Waals surface area (Å²) in [6, 6.07) is 14.7. The van der Waals surface area contributed by atoms with Gasteiger partial charge in [-0.05, 0) is 48.1 Å². The van der Waals surface area contributed by atoms with E-state index >= 15 is 0 Å². The van der Waals surface area contributed by atoms with Crippen molar-refractivity contribution in [3.05, 3.63) is 59.2 Å². The van der Waals surface area contributed by atoms with Crippen LogP contribution in [0.15, 0.2) is 42.5 Å². The Morgan fingerprint density at radius 2 is 1.60 bits per heavy atom. The summed E-state index contributed by atoms with van der Waals surface area (Å²) in [5, 5.41) is 0. The quantitative estimate of drug-likeness (QED) is 0.748. The largest absolute Gasteiger partial charge is 0.493 e. The molecular weight excluding hydrogens is 376 g/mol. The van der Waals surface area contributed by atoms with Crippen molar-refractivity contribution in [1.29, 1.82) is 0 Å². The van der Waals surface area contributed by atoms with E-state index in [9.17, 15) is 4.79 Å². The number of rotatable bonds is 5. The minimum Gasteiger partial charge on any atom is -0.493 e. The van der Waals surface area contributed by atoms with Gasteiger partial charge in [-0.1, -0.05) is 43.2 Å². The topological polar surface area (TPSA) is 42.0 Å². The Kier molecular flexibility index (Phi) is 6.58. The van der Waals surface area contributed by atoms with Gasteiger partial charge in [0.1, 0.15) is 0 Å². The molecule has 2 aromatic rings. The van der Waals surface area contributed by atoms with Crippen LogP contribution in [0.5, 0.6) is 11.5 Å². The summed E-state index contributed by atoms with van der Waals surface area (Å²) in [6.45, 7) is 3.09. The number of hydrogen-bond acceptors (Lipinski definition) is 4. The molecule has 0 saturated carbocycles. The number of ether oxygens (including phenoxy) is 2. The van der Waals surface area contributed by atoms with Crippen LogP contribution in [-0.2, 0) is 11.2 Å². The zero-order valence-electron chi connectivity index (χ0n) is 18.1. The van der Waals surface area contributed by atoms with Crippen molar-refractivity contribution in [2.24, 2.45) is 0 Å². The lowest BCUT2D eigenvalue weighted by molar-refractivity contribution is -0.132. The minimum atomic E-state index is 0.0330. The first kappa shape index (κ1) is 20.7. The highest BCUT2D eigenvalue weighted by Gasteiger charge is 2.32. The molecule has 2 aliphatic rings. The summed E-state index contributed by atoms with van der Waals surface area (Å²) in [6.07, 6.45) is 5.60. The summed E-state index contributed by atoms with van der Waals surface area (Å²) < 4.78 is 11.1. The molecule has 1 saturated heterocycles. The first-order chi connectivity index (χ1) is 14.7. The van der Waals surface area contributed by atoms with Gasteiger partial charge in [0.25, 0.3) is 0 Å². The van der Waals surface area contributed by atoms with Crippen LogP contribution in [0.3, 0.4) is 0 Å². The first-order valence-electron chi connectivity index (χ1n) is 11.0. The van der Waals surface area contributed by atoms with Gasteiger partial charge in [0.15, 0.2) is 11.5 Å². The number of likely N-dealkylation sites (tertiary alicyclic amines) is 1. The van der Waals surface area contributed by atoms with Gasteiger partial charge in [0, 0.05) is 19.6 Å². The van der Waals surface area contributed by atoms with Crippen molar-refractivity contribution >= 4 is 5.91 Å². The van der Waals surface area contributed by atoms with E-state index in [0.717, 1.165) is 50.4 Å². The lowest BCUT2D eigenvalue weighted by atomic mass is 9.87. The molecule has 1 unspecified atom stereocenters. The number of fused-ring (bicyclic) bond motifs is 1. The highest BCUT2D eigenvalue weighted by molar-refractivity contribution is 5.78. The minimum absolute atomic E-state index is 0.0330. The van der Waals surface area contributed by atoms with E-state index in [2.05, 4.69) is 46.2 Å². The molecule has 5 nitrogen and oxygen atoms in total. The van der Waals surface area contributed by atoms with E-state index in [-0.39, 0.29) is 11.9 Å². The molecule has 0 spiro atoms. The van der Waals surface area contributed by atoms with Gasteiger partial charge < -0.3 is 14.4 Å². The molecule has 0 aliphatic carbocycles. The normalized spacial score (nSPS) is 19.7. The van der Waals surface area contributed by atoms with Crippen molar-refractivity contribution < 1.29 is 14.3 Å². The molecule has 1 amide bonds. The average Bonchev–Trinajstić information content (AvgIpc) is 3.08. The van der Waals surface area contributed by atoms with Crippen molar-refractivity contribution in [1.82, 2.24) is 9.80 Å². The van der Waals surface area contributed by atoms with Gasteiger partial charge in [-0.25, -0.2) is 0 Å². The Morgan fingerprint density at radius 1 is 0.933 bits per heavy atom. The second-order valence-electron chi connectivity index (χ2n) is 8.23. The molecule has 2 heterocycles. The van der Waals surface area contributed by atoms with Gasteiger partial charge in [0.2, 0.25) is 5.91 Å². The maximum Gasteiger partial charge on any atom is 0.236 e. The molecular formula is C25H32N2O3. The van der Waals surface area contributed by atoms with E-state index in [1.54, 1.807) is 14.2 Å². The van der Waals surface area contributed by atoms with Crippen LogP contribution in [0.4, 0.5) is 0 Å². The Bertz CT molecular complexity index is 860. The summed E-state index contributed by atoms with van der Waals surface area (Å²) in [5.41, 5.74) is 3.67. The Balaban J connectivity index is 1.66. The third-order valence-electron chi connectivity index (χ3n) is 6.39. The number of carbonyl (C=O) groups is 1. The van der Waals surface area contributed by atoms with Crippen molar-refractivity contribution in [2.75, 3.05) is 40.4 Å². The third kappa shape index (κ3) is 4.31. The highest BCUT2D eigenvalue weighted by Crippen LogP contribution is 2.40. The number of methoxy groups -OCH3 is 2. The van der Waals surface area contributed by atoms with E-state index in [1.165, 1.54) is 29.5 Å². The van der Waals surface area contributed by atoms with Gasteiger partial charge in [-0.2, -0.15) is 0 Å². The molecule has 0 aromatic heterocycles. The first-order valence-corrected chi connectivity index (χ1v) is 11.0. The average molecular weight is 409 g/mol. The fourth-order valence-electron chi connectivity index (χ4n) is 4.79. The SMILES string of the molecule is COc1cc2c(cc1OC)C(c1ccccc1)N(CC(=O)N1CCCCCC1)CC2. The molecule has 1 fully saturated rings. The molecule has 2 aromatic carbocycles. The van der Waals surface area contributed by atoms with E-state index in [1.807, 2.05) is 6.07 Å². The third-order valence-corrected chi connectivity index (χ3v) is 6.39. The molecule has 0 N–H and O–H groups in total. The van der Waals surface area contributed by atoms with Crippen LogP contribution in [0.2, 0.25) is 0 Å². The standard InChI is InChI=1S/C25H32N2O3/c1-29-22-16-20-12-15-27(18-24(28)26-13-8-3-4-9-14-26)25(19-10-6-5-7-11-19)21(20)17-23(22)30-2/h5-7,10-11,16-17,25H,3-4,8-9,12-15,18H2,1-2H3. The van der Waals surface area contributed by atoms with Crippen LogP contribution < -0.4 is 9.47 Å². The molecule has 2 aliphatic heterocycles. The van der Waals surface area contributed by atoms with Crippen molar-refractivity contribution in [2.45, 2.75) is 38.1 Å². The zero-order chi connectivity index (χ0) is 20.9. The smallest absolute Gasteiger partial charge is 0.236 e. The summed E-state index contributed by atoms with van der Waals surface area (Å²) >= 11 is 0. The fraction of sp³-hybridized carbons (Fsp3) is 0.480. The Hall–Kier alpha value is -2.53. The maximum atomic E-state index is 13.2. The second kappa shape index (κ2) is 9.52. The molecule has 5 heteroatoms. The highest BCUT2D eigenvalue weighted by atomic mass is 16.5. The predicted octanol–water partition coefficient (Wildman–Crippen LogP) is 4.05. The lowest BCUT2D eigenvalue weighted by Crippen LogP contribution is -2.45. The second-order valence-corrected chi connectivity index (χ2v) is 8.23. The van der Waals surface area contributed by atoms with Crippen molar-refractivity contribution in [3.63, 3.8) is 0 Å². The molecule has 30 heavy (non-hydrogen) atoms. The predicted molar refractivity (Wildman–Crippen MR) is 118 cm³/mol. The zero-order valence-corrected chi connectivity index (χ0v) is 18.1. The van der Waals surface area contributed by atoms with Crippen LogP contribution in [0.1, 0.15) is 48.4 Å². The van der Waals surface area contributed by atoms with Crippen molar-refractivity contribution in [3.8, 4) is 11.5 Å². The Labute approximate surface area is 179 Å². The maximum absolute atomic E-state index is 13.2. The molecule has 4 rings (SSSR count). The number of nitrogens with zero attached hydrogens (tertiary/aromatic N) is 2. The summed E-state index contributed by atoms with van der Waals surface area (Å²) in [5.74, 6) is 1.75. The van der Waals surface area contributed by atoms with Gasteiger partial charge in [0.05, 0.1) is 26.8 Å². The molecule has 0 bridgehead atoms. The van der Waals surface area contributed by atoms with Crippen LogP contribution in [-0.4, -0.2) is 56.1 Å².